The van der Waals surface area contributed by atoms with Crippen LogP contribution in [0.4, 0.5) is 0 Å². The summed E-state index contributed by atoms with van der Waals surface area (Å²) >= 11 is 0. The van der Waals surface area contributed by atoms with Crippen molar-refractivity contribution in [3.8, 4) is 0 Å². The molecule has 0 saturated carbocycles. The first-order valence-electron chi connectivity index (χ1n) is 4.62. The highest BCUT2D eigenvalue weighted by Gasteiger charge is 2.24. The summed E-state index contributed by atoms with van der Waals surface area (Å²) in [5.41, 5.74) is 5.86. The van der Waals surface area contributed by atoms with Crippen LogP contribution in [-0.4, -0.2) is 29.6 Å². The molecule has 0 aromatic rings. The molecule has 1 heterocycles. The van der Waals surface area contributed by atoms with Gasteiger partial charge in [0.15, 0.2) is 0 Å². The maximum absolute atomic E-state index is 5.86. The molecular formula is C9H20N2. The van der Waals surface area contributed by atoms with Crippen molar-refractivity contribution >= 4 is 0 Å². The normalized spacial score (nSPS) is 34.6. The molecule has 1 fully saturated rings. The van der Waals surface area contributed by atoms with E-state index in [4.69, 9.17) is 5.73 Å². The van der Waals surface area contributed by atoms with Crippen LogP contribution in [-0.2, 0) is 0 Å². The van der Waals surface area contributed by atoms with Crippen molar-refractivity contribution < 1.29 is 0 Å². The van der Waals surface area contributed by atoms with Gasteiger partial charge in [-0.1, -0.05) is 0 Å². The van der Waals surface area contributed by atoms with Gasteiger partial charge < -0.3 is 5.73 Å². The van der Waals surface area contributed by atoms with Crippen molar-refractivity contribution in [1.82, 2.24) is 4.90 Å². The number of hydrogen-bond acceptors (Lipinski definition) is 2. The van der Waals surface area contributed by atoms with Gasteiger partial charge in [0.05, 0.1) is 0 Å². The van der Waals surface area contributed by atoms with E-state index in [1.165, 1.54) is 13.0 Å². The molecule has 11 heavy (non-hydrogen) atoms. The van der Waals surface area contributed by atoms with Gasteiger partial charge in [-0.25, -0.2) is 0 Å². The van der Waals surface area contributed by atoms with Crippen LogP contribution in [0, 0.1) is 0 Å². The lowest BCUT2D eigenvalue weighted by Crippen LogP contribution is -2.48. The molecule has 0 bridgehead atoms. The number of rotatable bonds is 1. The lowest BCUT2D eigenvalue weighted by Gasteiger charge is -2.39. The summed E-state index contributed by atoms with van der Waals surface area (Å²) in [4.78, 5) is 2.53. The molecule has 2 atom stereocenters. The highest BCUT2D eigenvalue weighted by molar-refractivity contribution is 4.82. The summed E-state index contributed by atoms with van der Waals surface area (Å²) < 4.78 is 0. The van der Waals surface area contributed by atoms with E-state index in [-0.39, 0.29) is 0 Å². The molecule has 0 aliphatic carbocycles. The Morgan fingerprint density at radius 2 is 2.09 bits per heavy atom. The molecule has 1 aliphatic heterocycles. The molecule has 1 saturated heterocycles. The van der Waals surface area contributed by atoms with Crippen LogP contribution < -0.4 is 5.73 Å². The fourth-order valence-electron chi connectivity index (χ4n) is 1.99. The van der Waals surface area contributed by atoms with E-state index in [2.05, 4.69) is 25.7 Å². The maximum atomic E-state index is 5.86. The second-order valence-corrected chi connectivity index (χ2v) is 3.97. The zero-order valence-corrected chi connectivity index (χ0v) is 7.88. The Balaban J connectivity index is 2.44. The highest BCUT2D eigenvalue weighted by atomic mass is 15.2. The van der Waals surface area contributed by atoms with Crippen molar-refractivity contribution in [2.75, 3.05) is 6.54 Å². The standard InChI is InChI=1S/C9H20N2/c1-7(2)11-5-4-9(10)6-8(11)3/h7-9H,4-6,10H2,1-3H3/t8-,9+/m1/s1. The fourth-order valence-corrected chi connectivity index (χ4v) is 1.99. The van der Waals surface area contributed by atoms with E-state index in [0.717, 1.165) is 6.42 Å². The Hall–Kier alpha value is -0.0800. The number of nitrogens with zero attached hydrogens (tertiary/aromatic N) is 1. The Morgan fingerprint density at radius 3 is 2.55 bits per heavy atom. The van der Waals surface area contributed by atoms with Gasteiger partial charge in [-0.05, 0) is 33.6 Å². The number of piperidine rings is 1. The molecule has 0 unspecified atom stereocenters. The van der Waals surface area contributed by atoms with Gasteiger partial charge in [-0.3, -0.25) is 4.90 Å². The Morgan fingerprint density at radius 1 is 1.45 bits per heavy atom. The second kappa shape index (κ2) is 3.55. The summed E-state index contributed by atoms with van der Waals surface area (Å²) in [6, 6.07) is 1.80. The minimum Gasteiger partial charge on any atom is -0.328 e. The molecule has 66 valence electrons. The van der Waals surface area contributed by atoms with Gasteiger partial charge in [0.2, 0.25) is 0 Å². The number of nitrogens with two attached hydrogens (primary N) is 1. The van der Waals surface area contributed by atoms with E-state index in [0.29, 0.717) is 18.1 Å². The second-order valence-electron chi connectivity index (χ2n) is 3.97. The summed E-state index contributed by atoms with van der Waals surface area (Å²) in [6.45, 7) is 7.97. The predicted octanol–water partition coefficient (Wildman–Crippen LogP) is 1.21. The first-order chi connectivity index (χ1) is 5.11. The van der Waals surface area contributed by atoms with E-state index in [1.54, 1.807) is 0 Å². The SMILES string of the molecule is CC(C)N1CC[C@H](N)C[C@H]1C. The van der Waals surface area contributed by atoms with Crippen LogP contribution >= 0.6 is 0 Å². The lowest BCUT2D eigenvalue weighted by atomic mass is 9.98. The Bertz CT molecular complexity index is 123. The van der Waals surface area contributed by atoms with Crippen LogP contribution in [0.5, 0.6) is 0 Å². The summed E-state index contributed by atoms with van der Waals surface area (Å²) in [5.74, 6) is 0. The minimum absolute atomic E-state index is 0.444. The third-order valence-electron chi connectivity index (χ3n) is 2.63. The third-order valence-corrected chi connectivity index (χ3v) is 2.63. The molecular weight excluding hydrogens is 136 g/mol. The van der Waals surface area contributed by atoms with Crippen molar-refractivity contribution in [2.24, 2.45) is 5.73 Å². The molecule has 0 aromatic carbocycles. The topological polar surface area (TPSA) is 29.3 Å². The molecule has 2 heteroatoms. The maximum Gasteiger partial charge on any atom is 0.00843 e. The fraction of sp³-hybridized carbons (Fsp3) is 1.00. The summed E-state index contributed by atoms with van der Waals surface area (Å²) in [5, 5.41) is 0. The van der Waals surface area contributed by atoms with Crippen molar-refractivity contribution in [2.45, 2.75) is 51.7 Å². The third kappa shape index (κ3) is 2.17. The average Bonchev–Trinajstić information content (AvgIpc) is 1.85. The van der Waals surface area contributed by atoms with Gasteiger partial charge in [0.25, 0.3) is 0 Å². The van der Waals surface area contributed by atoms with Gasteiger partial charge in [-0.15, -0.1) is 0 Å². The van der Waals surface area contributed by atoms with E-state index < -0.39 is 0 Å². The van der Waals surface area contributed by atoms with Crippen LogP contribution in [0.3, 0.4) is 0 Å². The predicted molar refractivity (Wildman–Crippen MR) is 48.5 cm³/mol. The van der Waals surface area contributed by atoms with Gasteiger partial charge >= 0.3 is 0 Å². The number of likely N-dealkylation sites (tertiary alicyclic amines) is 1. The number of hydrogen-bond donors (Lipinski definition) is 1. The molecule has 1 aliphatic rings. The zero-order valence-electron chi connectivity index (χ0n) is 7.88. The molecule has 0 radical (unpaired) electrons. The molecule has 0 spiro atoms. The van der Waals surface area contributed by atoms with E-state index in [1.807, 2.05) is 0 Å². The average molecular weight is 156 g/mol. The van der Waals surface area contributed by atoms with Gasteiger partial charge in [0, 0.05) is 24.7 Å². The first-order valence-corrected chi connectivity index (χ1v) is 4.62. The molecule has 0 aromatic heterocycles. The van der Waals surface area contributed by atoms with Crippen molar-refractivity contribution in [3.63, 3.8) is 0 Å². The Kier molecular flexibility index (Phi) is 2.90. The molecule has 1 rings (SSSR count). The lowest BCUT2D eigenvalue weighted by molar-refractivity contribution is 0.113. The minimum atomic E-state index is 0.444. The summed E-state index contributed by atoms with van der Waals surface area (Å²) in [7, 11) is 0. The molecule has 0 amide bonds. The Labute approximate surface area is 69.8 Å². The van der Waals surface area contributed by atoms with Crippen LogP contribution in [0.25, 0.3) is 0 Å². The van der Waals surface area contributed by atoms with Crippen LogP contribution in [0.15, 0.2) is 0 Å². The molecule has 2 nitrogen and oxygen atoms in total. The molecule has 2 N–H and O–H groups in total. The first kappa shape index (κ1) is 9.01. The summed E-state index contributed by atoms with van der Waals surface area (Å²) in [6.07, 6.45) is 2.33. The van der Waals surface area contributed by atoms with Gasteiger partial charge in [0.1, 0.15) is 0 Å². The largest absolute Gasteiger partial charge is 0.328 e. The van der Waals surface area contributed by atoms with E-state index >= 15 is 0 Å². The highest BCUT2D eigenvalue weighted by Crippen LogP contribution is 2.17. The van der Waals surface area contributed by atoms with Crippen molar-refractivity contribution in [1.29, 1.82) is 0 Å². The van der Waals surface area contributed by atoms with Crippen molar-refractivity contribution in [3.05, 3.63) is 0 Å². The monoisotopic (exact) mass is 156 g/mol. The van der Waals surface area contributed by atoms with Crippen LogP contribution in [0.2, 0.25) is 0 Å². The van der Waals surface area contributed by atoms with E-state index in [9.17, 15) is 0 Å². The van der Waals surface area contributed by atoms with Gasteiger partial charge in [-0.2, -0.15) is 0 Å². The van der Waals surface area contributed by atoms with Crippen LogP contribution in [0.1, 0.15) is 33.6 Å². The zero-order chi connectivity index (χ0) is 8.43. The quantitative estimate of drug-likeness (QED) is 0.618. The smallest absolute Gasteiger partial charge is 0.00843 e.